The van der Waals surface area contributed by atoms with Gasteiger partial charge in [0.1, 0.15) is 0 Å². The number of carbonyl (C=O) groups excluding carboxylic acids is 1. The van der Waals surface area contributed by atoms with Gasteiger partial charge in [0.05, 0.1) is 11.5 Å². The highest BCUT2D eigenvalue weighted by Gasteiger charge is 2.15. The van der Waals surface area contributed by atoms with Crippen LogP contribution in [0.1, 0.15) is 12.8 Å². The third-order valence-corrected chi connectivity index (χ3v) is 2.96. The van der Waals surface area contributed by atoms with Crippen molar-refractivity contribution in [1.82, 2.24) is 5.32 Å². The van der Waals surface area contributed by atoms with E-state index in [2.05, 4.69) is 5.32 Å². The molecule has 0 saturated carbocycles. The Kier molecular flexibility index (Phi) is 5.49. The van der Waals surface area contributed by atoms with Gasteiger partial charge < -0.3 is 15.2 Å². The summed E-state index contributed by atoms with van der Waals surface area (Å²) in [5.74, 6) is -0.794. The molecule has 1 aliphatic rings. The maximum atomic E-state index is 11.3. The Balaban J connectivity index is 2.09. The first kappa shape index (κ1) is 12.3. The molecule has 1 amide bonds. The van der Waals surface area contributed by atoms with Gasteiger partial charge in [0.25, 0.3) is 0 Å². The van der Waals surface area contributed by atoms with E-state index in [-0.39, 0.29) is 23.5 Å². The molecule has 6 heteroatoms. The topological polar surface area (TPSA) is 75.6 Å². The van der Waals surface area contributed by atoms with Crippen LogP contribution in [-0.4, -0.2) is 47.7 Å². The Bertz CT molecular complexity index is 228. The molecule has 1 aliphatic heterocycles. The highest BCUT2D eigenvalue weighted by atomic mass is 32.2. The van der Waals surface area contributed by atoms with Crippen LogP contribution in [0, 0.1) is 0 Å². The third kappa shape index (κ3) is 5.64. The lowest BCUT2D eigenvalue weighted by atomic mass is 10.1. The lowest BCUT2D eigenvalue weighted by Crippen LogP contribution is -2.39. The van der Waals surface area contributed by atoms with Gasteiger partial charge in [0, 0.05) is 19.3 Å². The normalized spacial score (nSPS) is 17.3. The SMILES string of the molecule is O=C(O)CSCC(=O)NC1CCOCC1. The van der Waals surface area contributed by atoms with Crippen LogP contribution >= 0.6 is 11.8 Å². The monoisotopic (exact) mass is 233 g/mol. The van der Waals surface area contributed by atoms with Gasteiger partial charge in [-0.05, 0) is 12.8 Å². The molecule has 0 spiro atoms. The number of carboxylic acids is 1. The van der Waals surface area contributed by atoms with Crippen LogP contribution in [-0.2, 0) is 14.3 Å². The molecule has 1 heterocycles. The van der Waals surface area contributed by atoms with Gasteiger partial charge in [-0.3, -0.25) is 9.59 Å². The summed E-state index contributed by atoms with van der Waals surface area (Å²) in [6, 6.07) is 0.191. The van der Waals surface area contributed by atoms with Crippen molar-refractivity contribution >= 4 is 23.6 Å². The highest BCUT2D eigenvalue weighted by molar-refractivity contribution is 8.00. The van der Waals surface area contributed by atoms with E-state index in [4.69, 9.17) is 9.84 Å². The molecule has 0 atom stereocenters. The van der Waals surface area contributed by atoms with Crippen molar-refractivity contribution < 1.29 is 19.4 Å². The smallest absolute Gasteiger partial charge is 0.313 e. The molecular weight excluding hydrogens is 218 g/mol. The van der Waals surface area contributed by atoms with Crippen LogP contribution < -0.4 is 5.32 Å². The second-order valence-electron chi connectivity index (χ2n) is 3.34. The first-order valence-corrected chi connectivity index (χ1v) is 6.00. The Morgan fingerprint density at radius 1 is 1.33 bits per heavy atom. The summed E-state index contributed by atoms with van der Waals surface area (Å²) in [4.78, 5) is 21.5. The molecule has 0 bridgehead atoms. The van der Waals surface area contributed by atoms with Crippen molar-refractivity contribution in [3.63, 3.8) is 0 Å². The summed E-state index contributed by atoms with van der Waals surface area (Å²) >= 11 is 1.12. The Morgan fingerprint density at radius 2 is 2.00 bits per heavy atom. The van der Waals surface area contributed by atoms with E-state index < -0.39 is 5.97 Å². The molecule has 0 aliphatic carbocycles. The molecule has 5 nitrogen and oxygen atoms in total. The maximum Gasteiger partial charge on any atom is 0.313 e. The Hall–Kier alpha value is -0.750. The maximum absolute atomic E-state index is 11.3. The summed E-state index contributed by atoms with van der Waals surface area (Å²) in [7, 11) is 0. The number of carbonyl (C=O) groups is 2. The number of nitrogens with one attached hydrogen (secondary N) is 1. The van der Waals surface area contributed by atoms with Crippen LogP contribution in [0.3, 0.4) is 0 Å². The van der Waals surface area contributed by atoms with Gasteiger partial charge >= 0.3 is 5.97 Å². The van der Waals surface area contributed by atoms with Crippen LogP contribution in [0.15, 0.2) is 0 Å². The van der Waals surface area contributed by atoms with Crippen LogP contribution in [0.4, 0.5) is 0 Å². The lowest BCUT2D eigenvalue weighted by Gasteiger charge is -2.22. The van der Waals surface area contributed by atoms with E-state index in [1.165, 1.54) is 0 Å². The largest absolute Gasteiger partial charge is 0.481 e. The number of rotatable bonds is 5. The third-order valence-electron chi connectivity index (χ3n) is 2.05. The number of hydrogen-bond acceptors (Lipinski definition) is 4. The number of ether oxygens (including phenoxy) is 1. The Morgan fingerprint density at radius 3 is 2.60 bits per heavy atom. The summed E-state index contributed by atoms with van der Waals surface area (Å²) < 4.78 is 5.16. The fourth-order valence-electron chi connectivity index (χ4n) is 1.34. The molecule has 86 valence electrons. The molecule has 1 rings (SSSR count). The van der Waals surface area contributed by atoms with E-state index in [0.717, 1.165) is 24.6 Å². The molecule has 1 saturated heterocycles. The molecule has 0 aromatic carbocycles. The predicted molar refractivity (Wildman–Crippen MR) is 56.9 cm³/mol. The van der Waals surface area contributed by atoms with Gasteiger partial charge in [-0.25, -0.2) is 0 Å². The van der Waals surface area contributed by atoms with E-state index in [0.29, 0.717) is 13.2 Å². The van der Waals surface area contributed by atoms with Crippen molar-refractivity contribution in [2.75, 3.05) is 24.7 Å². The minimum atomic E-state index is -0.890. The van der Waals surface area contributed by atoms with E-state index in [1.54, 1.807) is 0 Å². The zero-order valence-electron chi connectivity index (χ0n) is 8.40. The fraction of sp³-hybridized carbons (Fsp3) is 0.778. The second-order valence-corrected chi connectivity index (χ2v) is 4.33. The van der Waals surface area contributed by atoms with Crippen molar-refractivity contribution in [3.05, 3.63) is 0 Å². The zero-order chi connectivity index (χ0) is 11.1. The molecule has 15 heavy (non-hydrogen) atoms. The van der Waals surface area contributed by atoms with Gasteiger partial charge in [0.2, 0.25) is 5.91 Å². The van der Waals surface area contributed by atoms with E-state index in [9.17, 15) is 9.59 Å². The van der Waals surface area contributed by atoms with Gasteiger partial charge in [0.15, 0.2) is 0 Å². The second kappa shape index (κ2) is 6.68. The molecule has 0 radical (unpaired) electrons. The number of aliphatic carboxylic acids is 1. The highest BCUT2D eigenvalue weighted by Crippen LogP contribution is 2.07. The first-order chi connectivity index (χ1) is 7.18. The van der Waals surface area contributed by atoms with Crippen molar-refractivity contribution in [2.45, 2.75) is 18.9 Å². The number of carboxylic acid groups (broad SMARTS) is 1. The van der Waals surface area contributed by atoms with Crippen molar-refractivity contribution in [1.29, 1.82) is 0 Å². The van der Waals surface area contributed by atoms with E-state index >= 15 is 0 Å². The van der Waals surface area contributed by atoms with Crippen molar-refractivity contribution in [2.24, 2.45) is 0 Å². The van der Waals surface area contributed by atoms with E-state index in [1.807, 2.05) is 0 Å². The molecular formula is C9H15NO4S. The number of amides is 1. The fourth-order valence-corrected chi connectivity index (χ4v) is 1.89. The van der Waals surface area contributed by atoms with Gasteiger partial charge in [-0.15, -0.1) is 11.8 Å². The molecule has 2 N–H and O–H groups in total. The molecule has 0 aromatic rings. The molecule has 0 aromatic heterocycles. The lowest BCUT2D eigenvalue weighted by molar-refractivity contribution is -0.133. The van der Waals surface area contributed by atoms with Crippen LogP contribution in [0.25, 0.3) is 0 Å². The summed E-state index contributed by atoms with van der Waals surface area (Å²) in [5, 5.41) is 11.2. The van der Waals surface area contributed by atoms with Crippen LogP contribution in [0.2, 0.25) is 0 Å². The zero-order valence-corrected chi connectivity index (χ0v) is 9.22. The average molecular weight is 233 g/mol. The van der Waals surface area contributed by atoms with Crippen molar-refractivity contribution in [3.8, 4) is 0 Å². The average Bonchev–Trinajstić information content (AvgIpc) is 2.18. The summed E-state index contributed by atoms with van der Waals surface area (Å²) in [5.41, 5.74) is 0. The van der Waals surface area contributed by atoms with Gasteiger partial charge in [-0.1, -0.05) is 0 Å². The molecule has 1 fully saturated rings. The minimum Gasteiger partial charge on any atom is -0.481 e. The number of thioether (sulfide) groups is 1. The van der Waals surface area contributed by atoms with Gasteiger partial charge in [-0.2, -0.15) is 0 Å². The summed E-state index contributed by atoms with van der Waals surface area (Å²) in [6.45, 7) is 1.38. The number of hydrogen-bond donors (Lipinski definition) is 2. The Labute approximate surface area is 92.6 Å². The first-order valence-electron chi connectivity index (χ1n) is 4.85. The summed E-state index contributed by atoms with van der Waals surface area (Å²) in [6.07, 6.45) is 1.69. The van der Waals surface area contributed by atoms with Crippen LogP contribution in [0.5, 0.6) is 0 Å². The minimum absolute atomic E-state index is 0.0266. The standard InChI is InChI=1S/C9H15NO4S/c11-8(5-15-6-9(12)13)10-7-1-3-14-4-2-7/h7H,1-6H2,(H,10,11)(H,12,13). The quantitative estimate of drug-likeness (QED) is 0.704. The predicted octanol–water partition coefficient (Wildman–Crippen LogP) is 0.0994. The molecule has 0 unspecified atom stereocenters.